The van der Waals surface area contributed by atoms with Gasteiger partial charge >= 0.3 is 6.18 Å². The highest BCUT2D eigenvalue weighted by Crippen LogP contribution is 2.20. The summed E-state index contributed by atoms with van der Waals surface area (Å²) >= 11 is 0. The fourth-order valence-corrected chi connectivity index (χ4v) is 4.74. The van der Waals surface area contributed by atoms with Crippen molar-refractivity contribution in [1.82, 2.24) is 19.1 Å². The number of aromatic amines is 1. The molecular weight excluding hydrogens is 401 g/mol. The third-order valence-corrected chi connectivity index (χ3v) is 6.65. The molecule has 3 heterocycles. The minimum absolute atomic E-state index is 0.00808. The zero-order chi connectivity index (χ0) is 20.4. The highest BCUT2D eigenvalue weighted by atomic mass is 32.2. The minimum Gasteiger partial charge on any atom is -0.379 e. The molecule has 0 bridgehead atoms. The van der Waals surface area contributed by atoms with Crippen molar-refractivity contribution in [3.63, 3.8) is 0 Å². The Morgan fingerprint density at radius 1 is 1.11 bits per heavy atom. The smallest absolute Gasteiger partial charge is 0.379 e. The number of sulfonamides is 1. The van der Waals surface area contributed by atoms with E-state index in [1.165, 1.54) is 26.4 Å². The average molecular weight is 424 g/mol. The Morgan fingerprint density at radius 2 is 1.82 bits per heavy atom. The number of nitrogens with zero attached hydrogens (tertiary/aromatic N) is 3. The quantitative estimate of drug-likeness (QED) is 0.771. The normalized spacial score (nSPS) is 20.9. The van der Waals surface area contributed by atoms with Gasteiger partial charge in [0.2, 0.25) is 10.0 Å². The largest absolute Gasteiger partial charge is 0.401 e. The van der Waals surface area contributed by atoms with Gasteiger partial charge in [-0.15, -0.1) is 0 Å². The first-order valence-corrected chi connectivity index (χ1v) is 10.5. The lowest BCUT2D eigenvalue weighted by Gasteiger charge is -2.25. The fourth-order valence-electron chi connectivity index (χ4n) is 3.34. The second kappa shape index (κ2) is 8.39. The molecule has 8 nitrogen and oxygen atoms in total. The van der Waals surface area contributed by atoms with Crippen LogP contribution in [-0.4, -0.2) is 98.6 Å². The first-order chi connectivity index (χ1) is 13.2. The number of nitrogens with one attached hydrogen (secondary N) is 1. The minimum atomic E-state index is -4.28. The van der Waals surface area contributed by atoms with Gasteiger partial charge < -0.3 is 14.6 Å². The number of halogens is 3. The summed E-state index contributed by atoms with van der Waals surface area (Å²) in [5.74, 6) is -0.419. The molecule has 0 saturated carbocycles. The molecule has 0 radical (unpaired) electrons. The Balaban J connectivity index is 1.65. The second-order valence-electron chi connectivity index (χ2n) is 6.80. The number of aromatic nitrogens is 1. The van der Waals surface area contributed by atoms with Crippen molar-refractivity contribution in [1.29, 1.82) is 0 Å². The highest BCUT2D eigenvalue weighted by molar-refractivity contribution is 7.89. The van der Waals surface area contributed by atoms with Crippen LogP contribution in [0.2, 0.25) is 0 Å². The molecule has 0 unspecified atom stereocenters. The topological polar surface area (TPSA) is 85.9 Å². The van der Waals surface area contributed by atoms with Gasteiger partial charge in [-0.2, -0.15) is 17.5 Å². The van der Waals surface area contributed by atoms with Crippen LogP contribution in [0.1, 0.15) is 16.9 Å². The number of hydrogen-bond acceptors (Lipinski definition) is 5. The number of amides is 1. The van der Waals surface area contributed by atoms with E-state index in [-0.39, 0.29) is 43.3 Å². The van der Waals surface area contributed by atoms with Gasteiger partial charge in [-0.1, -0.05) is 0 Å². The van der Waals surface area contributed by atoms with Crippen LogP contribution in [0.15, 0.2) is 17.2 Å². The third kappa shape index (κ3) is 5.04. The van der Waals surface area contributed by atoms with E-state index >= 15 is 0 Å². The van der Waals surface area contributed by atoms with E-state index in [2.05, 4.69) is 4.98 Å². The number of H-pyrrole nitrogens is 1. The molecule has 2 fully saturated rings. The lowest BCUT2D eigenvalue weighted by atomic mass is 10.3. The van der Waals surface area contributed by atoms with E-state index in [1.54, 1.807) is 0 Å². The highest BCUT2D eigenvalue weighted by Gasteiger charge is 2.33. The van der Waals surface area contributed by atoms with Crippen LogP contribution in [0.3, 0.4) is 0 Å². The molecule has 1 N–H and O–H groups in total. The number of alkyl halides is 3. The third-order valence-electron chi connectivity index (χ3n) is 4.77. The van der Waals surface area contributed by atoms with Gasteiger partial charge in [-0.05, 0) is 12.5 Å². The monoisotopic (exact) mass is 424 g/mol. The van der Waals surface area contributed by atoms with Gasteiger partial charge in [0.1, 0.15) is 10.6 Å². The van der Waals surface area contributed by atoms with Gasteiger partial charge in [0.25, 0.3) is 5.91 Å². The fraction of sp³-hybridized carbons (Fsp3) is 0.688. The molecule has 0 spiro atoms. The van der Waals surface area contributed by atoms with Crippen molar-refractivity contribution in [2.45, 2.75) is 17.5 Å². The van der Waals surface area contributed by atoms with Crippen LogP contribution in [0.4, 0.5) is 13.2 Å². The zero-order valence-electron chi connectivity index (χ0n) is 15.2. The molecule has 0 atom stereocenters. The second-order valence-corrected chi connectivity index (χ2v) is 8.74. The maximum atomic E-state index is 12.7. The Labute approximate surface area is 161 Å². The van der Waals surface area contributed by atoms with E-state index in [1.807, 2.05) is 0 Å². The van der Waals surface area contributed by atoms with Gasteiger partial charge in [-0.3, -0.25) is 9.69 Å². The van der Waals surface area contributed by atoms with Crippen molar-refractivity contribution >= 4 is 15.9 Å². The van der Waals surface area contributed by atoms with Gasteiger partial charge in [0.05, 0.1) is 19.8 Å². The molecule has 2 aliphatic heterocycles. The van der Waals surface area contributed by atoms with Crippen LogP contribution >= 0.6 is 0 Å². The summed E-state index contributed by atoms with van der Waals surface area (Å²) in [6.07, 6.45) is -2.59. The van der Waals surface area contributed by atoms with Crippen LogP contribution in [0, 0.1) is 0 Å². The zero-order valence-corrected chi connectivity index (χ0v) is 16.1. The average Bonchev–Trinajstić information content (AvgIpc) is 3.04. The van der Waals surface area contributed by atoms with Crippen molar-refractivity contribution in [2.24, 2.45) is 0 Å². The Kier molecular flexibility index (Phi) is 6.32. The van der Waals surface area contributed by atoms with E-state index in [0.717, 1.165) is 0 Å². The maximum Gasteiger partial charge on any atom is 0.401 e. The lowest BCUT2D eigenvalue weighted by Crippen LogP contribution is -2.40. The lowest BCUT2D eigenvalue weighted by molar-refractivity contribution is -0.145. The molecule has 1 aromatic heterocycles. The molecule has 12 heteroatoms. The van der Waals surface area contributed by atoms with Crippen LogP contribution in [-0.2, 0) is 14.8 Å². The predicted molar refractivity (Wildman–Crippen MR) is 93.4 cm³/mol. The summed E-state index contributed by atoms with van der Waals surface area (Å²) < 4.78 is 69.4. The van der Waals surface area contributed by atoms with Gasteiger partial charge in [0.15, 0.2) is 0 Å². The first kappa shape index (κ1) is 21.1. The van der Waals surface area contributed by atoms with Crippen molar-refractivity contribution in [3.8, 4) is 0 Å². The summed E-state index contributed by atoms with van der Waals surface area (Å²) in [6.45, 7) is 0.970. The summed E-state index contributed by atoms with van der Waals surface area (Å²) in [6, 6.07) is 1.28. The standard InChI is InChI=1S/C16H23F3N4O4S/c17-16(18,19)12-21-2-1-3-22(5-4-21)15(24)14-10-13(11-20-14)28(25,26)23-6-8-27-9-7-23/h10-11,20H,1-9,12H2. The first-order valence-electron chi connectivity index (χ1n) is 9.01. The Morgan fingerprint density at radius 3 is 2.50 bits per heavy atom. The Bertz CT molecular complexity index is 790. The number of carbonyl (C=O) groups excluding carboxylic acids is 1. The van der Waals surface area contributed by atoms with Crippen LogP contribution in [0.5, 0.6) is 0 Å². The summed E-state index contributed by atoms with van der Waals surface area (Å²) in [5.41, 5.74) is 0.108. The molecule has 158 valence electrons. The number of rotatable bonds is 4. The van der Waals surface area contributed by atoms with E-state index < -0.39 is 28.7 Å². The summed E-state index contributed by atoms with van der Waals surface area (Å²) in [4.78, 5) is 18.1. The predicted octanol–water partition coefficient (Wildman–Crippen LogP) is 0.746. The van der Waals surface area contributed by atoms with E-state index in [0.29, 0.717) is 26.2 Å². The molecule has 2 saturated heterocycles. The molecule has 1 aromatic rings. The molecule has 2 aliphatic rings. The van der Waals surface area contributed by atoms with Crippen LogP contribution in [0.25, 0.3) is 0 Å². The molecule has 1 amide bonds. The van der Waals surface area contributed by atoms with Crippen LogP contribution < -0.4 is 0 Å². The van der Waals surface area contributed by atoms with E-state index in [9.17, 15) is 26.4 Å². The molecular formula is C16H23F3N4O4S. The molecule has 28 heavy (non-hydrogen) atoms. The molecule has 0 aromatic carbocycles. The maximum absolute atomic E-state index is 12.7. The summed E-state index contributed by atoms with van der Waals surface area (Å²) in [5, 5.41) is 0. The number of hydrogen-bond donors (Lipinski definition) is 1. The number of carbonyl (C=O) groups is 1. The SMILES string of the molecule is O=C(c1cc(S(=O)(=O)N2CCOCC2)c[nH]1)N1CCCN(CC(F)(F)F)CC1. The Hall–Kier alpha value is -1.63. The molecule has 3 rings (SSSR count). The molecule has 0 aliphatic carbocycles. The van der Waals surface area contributed by atoms with E-state index in [4.69, 9.17) is 4.74 Å². The van der Waals surface area contributed by atoms with Gasteiger partial charge in [0, 0.05) is 45.5 Å². The van der Waals surface area contributed by atoms with Gasteiger partial charge in [-0.25, -0.2) is 8.42 Å². The number of morpholine rings is 1. The summed E-state index contributed by atoms with van der Waals surface area (Å²) in [7, 11) is -3.72. The number of ether oxygens (including phenoxy) is 1. The van der Waals surface area contributed by atoms with Crippen molar-refractivity contribution < 1.29 is 31.1 Å². The van der Waals surface area contributed by atoms with Crippen molar-refractivity contribution in [2.75, 3.05) is 59.0 Å². The van der Waals surface area contributed by atoms with Crippen molar-refractivity contribution in [3.05, 3.63) is 18.0 Å².